The van der Waals surface area contributed by atoms with E-state index in [2.05, 4.69) is 54.9 Å². The summed E-state index contributed by atoms with van der Waals surface area (Å²) in [7, 11) is 2.04. The van der Waals surface area contributed by atoms with E-state index in [0.717, 1.165) is 6.42 Å². The van der Waals surface area contributed by atoms with E-state index in [0.29, 0.717) is 6.04 Å². The highest BCUT2D eigenvalue weighted by Gasteiger charge is 2.11. The average molecular weight is 245 g/mol. The summed E-state index contributed by atoms with van der Waals surface area (Å²) in [6.07, 6.45) is 1.07. The Bertz CT molecular complexity index is 474. The summed E-state index contributed by atoms with van der Waals surface area (Å²) in [6, 6.07) is 11.5. The smallest absolute Gasteiger partial charge is 0.0366 e. The number of aryl methyl sites for hydroxylation is 2. The molecule has 0 fully saturated rings. The summed E-state index contributed by atoms with van der Waals surface area (Å²) < 4.78 is 0. The molecule has 1 aromatic carbocycles. The SMILES string of the molecule is CNC(Cc1cccs1)c1ccc(C)c(C)c1. The Morgan fingerprint density at radius 2 is 2.00 bits per heavy atom. The van der Waals surface area contributed by atoms with Crippen molar-refractivity contribution in [3.63, 3.8) is 0 Å². The highest BCUT2D eigenvalue weighted by atomic mass is 32.1. The molecular weight excluding hydrogens is 226 g/mol. The standard InChI is InChI=1S/C15H19NS/c1-11-6-7-13(9-12(11)2)15(16-3)10-14-5-4-8-17-14/h4-9,15-16H,10H2,1-3H3. The highest BCUT2D eigenvalue weighted by molar-refractivity contribution is 7.09. The van der Waals surface area contributed by atoms with Crippen LogP contribution in [0.1, 0.15) is 27.6 Å². The van der Waals surface area contributed by atoms with Crippen LogP contribution in [0.25, 0.3) is 0 Å². The maximum absolute atomic E-state index is 3.41. The molecule has 0 aliphatic heterocycles. The van der Waals surface area contributed by atoms with E-state index in [4.69, 9.17) is 0 Å². The first-order valence-corrected chi connectivity index (χ1v) is 6.85. The first kappa shape index (κ1) is 12.3. The number of hydrogen-bond donors (Lipinski definition) is 1. The van der Waals surface area contributed by atoms with E-state index in [1.54, 1.807) is 0 Å². The molecule has 0 amide bonds. The highest BCUT2D eigenvalue weighted by Crippen LogP contribution is 2.22. The third-order valence-corrected chi connectivity index (χ3v) is 4.17. The Morgan fingerprint density at radius 1 is 1.18 bits per heavy atom. The molecule has 0 radical (unpaired) electrons. The third-order valence-electron chi connectivity index (χ3n) is 3.27. The summed E-state index contributed by atoms with van der Waals surface area (Å²) in [6.45, 7) is 4.34. The van der Waals surface area contributed by atoms with Crippen molar-refractivity contribution in [2.45, 2.75) is 26.3 Å². The third kappa shape index (κ3) is 2.96. The molecule has 1 N–H and O–H groups in total. The number of rotatable bonds is 4. The van der Waals surface area contributed by atoms with Crippen LogP contribution in [0.3, 0.4) is 0 Å². The Balaban J connectivity index is 2.20. The Morgan fingerprint density at radius 3 is 2.59 bits per heavy atom. The second-order valence-corrected chi connectivity index (χ2v) is 5.50. The first-order chi connectivity index (χ1) is 8.20. The Labute approximate surface area is 108 Å². The van der Waals surface area contributed by atoms with Gasteiger partial charge in [0, 0.05) is 17.3 Å². The summed E-state index contributed by atoms with van der Waals surface area (Å²) in [4.78, 5) is 1.43. The lowest BCUT2D eigenvalue weighted by Gasteiger charge is -2.17. The van der Waals surface area contributed by atoms with Crippen molar-refractivity contribution in [1.82, 2.24) is 5.32 Å². The van der Waals surface area contributed by atoms with Crippen LogP contribution in [0.4, 0.5) is 0 Å². The molecule has 0 spiro atoms. The lowest BCUT2D eigenvalue weighted by molar-refractivity contribution is 0.596. The van der Waals surface area contributed by atoms with Gasteiger partial charge in [0.25, 0.3) is 0 Å². The van der Waals surface area contributed by atoms with Crippen LogP contribution in [-0.4, -0.2) is 7.05 Å². The lowest BCUT2D eigenvalue weighted by Crippen LogP contribution is -2.18. The van der Waals surface area contributed by atoms with Gasteiger partial charge in [0.2, 0.25) is 0 Å². The van der Waals surface area contributed by atoms with E-state index in [-0.39, 0.29) is 0 Å². The van der Waals surface area contributed by atoms with Crippen LogP contribution in [0.2, 0.25) is 0 Å². The second-order valence-electron chi connectivity index (χ2n) is 4.47. The van der Waals surface area contributed by atoms with Crippen LogP contribution in [0.5, 0.6) is 0 Å². The van der Waals surface area contributed by atoms with Crippen molar-refractivity contribution in [2.24, 2.45) is 0 Å². The summed E-state index contributed by atoms with van der Waals surface area (Å²) >= 11 is 1.83. The molecule has 0 aliphatic carbocycles. The molecule has 2 heteroatoms. The summed E-state index contributed by atoms with van der Waals surface area (Å²) in [5.41, 5.74) is 4.11. The maximum atomic E-state index is 3.41. The minimum absolute atomic E-state index is 0.410. The van der Waals surface area contributed by atoms with Crippen LogP contribution < -0.4 is 5.32 Å². The monoisotopic (exact) mass is 245 g/mol. The van der Waals surface area contributed by atoms with Gasteiger partial charge in [-0.3, -0.25) is 0 Å². The van der Waals surface area contributed by atoms with Gasteiger partial charge in [-0.25, -0.2) is 0 Å². The van der Waals surface area contributed by atoms with Gasteiger partial charge in [-0.05, 0) is 49.0 Å². The minimum atomic E-state index is 0.410. The average Bonchev–Trinajstić information content (AvgIpc) is 2.82. The fourth-order valence-corrected chi connectivity index (χ4v) is 2.75. The Hall–Kier alpha value is -1.12. The number of hydrogen-bond acceptors (Lipinski definition) is 2. The molecule has 1 aromatic heterocycles. The Kier molecular flexibility index (Phi) is 3.97. The van der Waals surface area contributed by atoms with Crippen LogP contribution in [-0.2, 0) is 6.42 Å². The van der Waals surface area contributed by atoms with Crippen LogP contribution in [0, 0.1) is 13.8 Å². The van der Waals surface area contributed by atoms with Gasteiger partial charge in [0.15, 0.2) is 0 Å². The van der Waals surface area contributed by atoms with E-state index < -0.39 is 0 Å². The maximum Gasteiger partial charge on any atom is 0.0366 e. The lowest BCUT2D eigenvalue weighted by atomic mass is 9.98. The molecule has 1 nitrogen and oxygen atoms in total. The van der Waals surface area contributed by atoms with Gasteiger partial charge in [-0.15, -0.1) is 11.3 Å². The zero-order chi connectivity index (χ0) is 12.3. The molecule has 2 aromatic rings. The molecule has 0 aliphatic rings. The van der Waals surface area contributed by atoms with Gasteiger partial charge in [0.05, 0.1) is 0 Å². The molecule has 90 valence electrons. The van der Waals surface area contributed by atoms with Gasteiger partial charge in [-0.2, -0.15) is 0 Å². The van der Waals surface area contributed by atoms with E-state index in [1.165, 1.54) is 21.6 Å². The summed E-state index contributed by atoms with van der Waals surface area (Å²) in [5, 5.41) is 5.55. The van der Waals surface area contributed by atoms with E-state index >= 15 is 0 Å². The molecule has 1 unspecified atom stereocenters. The minimum Gasteiger partial charge on any atom is -0.313 e. The van der Waals surface area contributed by atoms with Crippen molar-refractivity contribution in [3.05, 3.63) is 57.3 Å². The number of benzene rings is 1. The molecule has 1 heterocycles. The first-order valence-electron chi connectivity index (χ1n) is 5.97. The van der Waals surface area contributed by atoms with Gasteiger partial charge in [0.1, 0.15) is 0 Å². The number of likely N-dealkylation sites (N-methyl/N-ethyl adjacent to an activating group) is 1. The quantitative estimate of drug-likeness (QED) is 0.862. The molecular formula is C15H19NS. The molecule has 0 saturated heterocycles. The molecule has 17 heavy (non-hydrogen) atoms. The summed E-state index contributed by atoms with van der Waals surface area (Å²) in [5.74, 6) is 0. The van der Waals surface area contributed by atoms with Crippen molar-refractivity contribution in [1.29, 1.82) is 0 Å². The fraction of sp³-hybridized carbons (Fsp3) is 0.333. The number of thiophene rings is 1. The van der Waals surface area contributed by atoms with Crippen molar-refractivity contribution in [2.75, 3.05) is 7.05 Å². The number of nitrogens with one attached hydrogen (secondary N) is 1. The van der Waals surface area contributed by atoms with Crippen molar-refractivity contribution >= 4 is 11.3 Å². The van der Waals surface area contributed by atoms with E-state index in [1.807, 2.05) is 18.4 Å². The molecule has 0 saturated carbocycles. The van der Waals surface area contributed by atoms with Crippen LogP contribution in [0.15, 0.2) is 35.7 Å². The predicted octanol–water partition coefficient (Wildman–Crippen LogP) is 3.87. The normalized spacial score (nSPS) is 12.6. The van der Waals surface area contributed by atoms with Gasteiger partial charge >= 0.3 is 0 Å². The topological polar surface area (TPSA) is 12.0 Å². The van der Waals surface area contributed by atoms with E-state index in [9.17, 15) is 0 Å². The zero-order valence-corrected chi connectivity index (χ0v) is 11.5. The second kappa shape index (κ2) is 5.48. The predicted molar refractivity (Wildman–Crippen MR) is 75.7 cm³/mol. The van der Waals surface area contributed by atoms with Crippen molar-refractivity contribution in [3.8, 4) is 0 Å². The van der Waals surface area contributed by atoms with Gasteiger partial charge < -0.3 is 5.32 Å². The zero-order valence-electron chi connectivity index (χ0n) is 10.7. The van der Waals surface area contributed by atoms with Crippen LogP contribution >= 0.6 is 11.3 Å². The van der Waals surface area contributed by atoms with Gasteiger partial charge in [-0.1, -0.05) is 24.3 Å². The molecule has 2 rings (SSSR count). The van der Waals surface area contributed by atoms with Crippen molar-refractivity contribution < 1.29 is 0 Å². The molecule has 1 atom stereocenters. The molecule has 0 bridgehead atoms. The largest absolute Gasteiger partial charge is 0.313 e. The fourth-order valence-electron chi connectivity index (χ4n) is 2.00.